The maximum Gasteiger partial charge on any atom is 0.306 e. The Labute approximate surface area is 423 Å². The molecule has 1 atom stereocenters. The monoisotopic (exact) mass is 951 g/mol. The molecular formula is C63H98O6. The van der Waals surface area contributed by atoms with Gasteiger partial charge in [-0.2, -0.15) is 0 Å². The fraction of sp³-hybridized carbons (Fsp3) is 0.571. The van der Waals surface area contributed by atoms with Gasteiger partial charge >= 0.3 is 17.9 Å². The van der Waals surface area contributed by atoms with Crippen LogP contribution in [0.2, 0.25) is 0 Å². The second-order valence-corrected chi connectivity index (χ2v) is 17.3. The van der Waals surface area contributed by atoms with E-state index in [1.807, 2.05) is 0 Å². The second-order valence-electron chi connectivity index (χ2n) is 17.3. The Bertz CT molecular complexity index is 1560. The molecule has 0 amide bonds. The Morgan fingerprint density at radius 2 is 0.522 bits per heavy atom. The van der Waals surface area contributed by atoms with Crippen molar-refractivity contribution in [1.82, 2.24) is 0 Å². The van der Waals surface area contributed by atoms with Gasteiger partial charge in [-0.15, -0.1) is 0 Å². The molecule has 0 heterocycles. The summed E-state index contributed by atoms with van der Waals surface area (Å²) in [4.78, 5) is 38.1. The van der Waals surface area contributed by atoms with Gasteiger partial charge in [0.1, 0.15) is 13.2 Å². The number of allylic oxidation sites excluding steroid dienone is 24. The highest BCUT2D eigenvalue weighted by Gasteiger charge is 2.19. The summed E-state index contributed by atoms with van der Waals surface area (Å²) < 4.78 is 16.8. The molecule has 386 valence electrons. The van der Waals surface area contributed by atoms with Crippen LogP contribution in [0.25, 0.3) is 0 Å². The molecule has 6 heteroatoms. The third kappa shape index (κ3) is 54.1. The van der Waals surface area contributed by atoms with Crippen molar-refractivity contribution in [2.24, 2.45) is 0 Å². The lowest BCUT2D eigenvalue weighted by molar-refractivity contribution is -0.167. The Morgan fingerprint density at radius 1 is 0.290 bits per heavy atom. The standard InChI is InChI=1S/C63H98O6/c1-4-7-10-13-16-19-22-25-28-30-31-33-35-38-41-44-47-50-53-56-62(65)68-59-60(58-67-61(64)55-52-49-46-43-40-37-34-27-24-21-18-15-12-9-6-3)69-63(66)57-54-51-48-45-42-39-36-32-29-26-23-20-17-14-11-8-5-2/h7-12,16-21,25-29,31,33-34,36,38-39,41,60H,4-6,13-15,22-24,30,32,35,37,40,42-59H2,1-3H3/b10-7-,11-8-,12-9-,19-16-,20-17-,21-18-,28-25-,29-26-,33-31-,34-27-,39-36-,41-38-. The Morgan fingerprint density at radius 3 is 0.826 bits per heavy atom. The fourth-order valence-electron chi connectivity index (χ4n) is 6.83. The predicted octanol–water partition coefficient (Wildman–Crippen LogP) is 18.4. The van der Waals surface area contributed by atoms with Crippen LogP contribution >= 0.6 is 0 Å². The van der Waals surface area contributed by atoms with Crippen molar-refractivity contribution in [2.45, 2.75) is 219 Å². The highest BCUT2D eigenvalue weighted by molar-refractivity contribution is 5.71. The van der Waals surface area contributed by atoms with Gasteiger partial charge in [-0.05, 0) is 135 Å². The topological polar surface area (TPSA) is 78.9 Å². The zero-order valence-electron chi connectivity index (χ0n) is 44.0. The molecule has 0 aromatic carbocycles. The number of hydrogen-bond acceptors (Lipinski definition) is 6. The first-order valence-corrected chi connectivity index (χ1v) is 27.3. The number of carbonyl (C=O) groups is 3. The number of hydrogen-bond donors (Lipinski definition) is 0. The van der Waals surface area contributed by atoms with E-state index in [1.54, 1.807) is 0 Å². The minimum Gasteiger partial charge on any atom is -0.462 e. The number of rotatable bonds is 47. The first kappa shape index (κ1) is 64.3. The van der Waals surface area contributed by atoms with Crippen molar-refractivity contribution in [3.8, 4) is 0 Å². The number of carbonyl (C=O) groups excluding carboxylic acids is 3. The number of ether oxygens (including phenoxy) is 3. The van der Waals surface area contributed by atoms with Crippen LogP contribution in [0.15, 0.2) is 146 Å². The molecule has 0 spiro atoms. The van der Waals surface area contributed by atoms with Gasteiger partial charge in [0.2, 0.25) is 0 Å². The maximum absolute atomic E-state index is 12.8. The molecule has 69 heavy (non-hydrogen) atoms. The summed E-state index contributed by atoms with van der Waals surface area (Å²) in [6.07, 6.45) is 79.7. The van der Waals surface area contributed by atoms with Gasteiger partial charge in [0.15, 0.2) is 6.10 Å². The third-order valence-electron chi connectivity index (χ3n) is 10.8. The largest absolute Gasteiger partial charge is 0.462 e. The zero-order chi connectivity index (χ0) is 50.0. The van der Waals surface area contributed by atoms with Gasteiger partial charge in [0.25, 0.3) is 0 Å². The molecule has 0 saturated carbocycles. The van der Waals surface area contributed by atoms with Crippen LogP contribution < -0.4 is 0 Å². The highest BCUT2D eigenvalue weighted by Crippen LogP contribution is 2.12. The molecule has 0 aliphatic carbocycles. The molecule has 6 nitrogen and oxygen atoms in total. The van der Waals surface area contributed by atoms with Crippen molar-refractivity contribution in [3.05, 3.63) is 146 Å². The van der Waals surface area contributed by atoms with Gasteiger partial charge in [-0.1, -0.05) is 205 Å². The molecule has 0 aliphatic heterocycles. The van der Waals surface area contributed by atoms with Gasteiger partial charge in [0, 0.05) is 19.3 Å². The minimum atomic E-state index is -0.819. The molecule has 0 bridgehead atoms. The molecule has 0 fully saturated rings. The number of esters is 3. The first-order chi connectivity index (χ1) is 34.0. The normalized spacial score (nSPS) is 13.3. The van der Waals surface area contributed by atoms with E-state index in [2.05, 4.69) is 167 Å². The van der Waals surface area contributed by atoms with Crippen LogP contribution in [0.1, 0.15) is 213 Å². The van der Waals surface area contributed by atoms with E-state index in [4.69, 9.17) is 14.2 Å². The fourth-order valence-corrected chi connectivity index (χ4v) is 6.83. The van der Waals surface area contributed by atoms with Crippen molar-refractivity contribution in [3.63, 3.8) is 0 Å². The van der Waals surface area contributed by atoms with E-state index in [9.17, 15) is 14.4 Å². The highest BCUT2D eigenvalue weighted by atomic mass is 16.6. The molecule has 0 radical (unpaired) electrons. The van der Waals surface area contributed by atoms with Crippen molar-refractivity contribution in [1.29, 1.82) is 0 Å². The average Bonchev–Trinajstić information content (AvgIpc) is 3.35. The summed E-state index contributed by atoms with van der Waals surface area (Å²) in [6, 6.07) is 0. The van der Waals surface area contributed by atoms with Gasteiger partial charge in [-0.3, -0.25) is 14.4 Å². The molecule has 0 aromatic heterocycles. The summed E-state index contributed by atoms with van der Waals surface area (Å²) in [5.74, 6) is -0.996. The number of unbranched alkanes of at least 4 members (excludes halogenated alkanes) is 12. The Hall–Kier alpha value is -4.71. The summed E-state index contributed by atoms with van der Waals surface area (Å²) in [7, 11) is 0. The van der Waals surface area contributed by atoms with Crippen LogP contribution in [0.3, 0.4) is 0 Å². The van der Waals surface area contributed by atoms with Gasteiger partial charge in [-0.25, -0.2) is 0 Å². The van der Waals surface area contributed by atoms with E-state index in [1.165, 1.54) is 0 Å². The second kappa shape index (κ2) is 55.9. The minimum absolute atomic E-state index is 0.114. The van der Waals surface area contributed by atoms with E-state index in [0.717, 1.165) is 173 Å². The molecule has 1 unspecified atom stereocenters. The van der Waals surface area contributed by atoms with E-state index >= 15 is 0 Å². The van der Waals surface area contributed by atoms with E-state index < -0.39 is 6.10 Å². The van der Waals surface area contributed by atoms with Crippen LogP contribution in [0.5, 0.6) is 0 Å². The molecule has 0 N–H and O–H groups in total. The lowest BCUT2D eigenvalue weighted by Gasteiger charge is -2.18. The smallest absolute Gasteiger partial charge is 0.306 e. The maximum atomic E-state index is 12.8. The summed E-state index contributed by atoms with van der Waals surface area (Å²) >= 11 is 0. The summed E-state index contributed by atoms with van der Waals surface area (Å²) in [6.45, 7) is 6.22. The van der Waals surface area contributed by atoms with Crippen LogP contribution in [0, 0.1) is 0 Å². The molecule has 0 saturated heterocycles. The quantitative estimate of drug-likeness (QED) is 0.0262. The Balaban J connectivity index is 4.55. The van der Waals surface area contributed by atoms with Crippen LogP contribution in [-0.4, -0.2) is 37.2 Å². The SMILES string of the molecule is CC/C=C\C/C=C\C/C=C\C/C=C\C/C=C\CCCCCC(=O)OCC(COC(=O)CCCCCCC/C=C\C/C=C\C/C=C\CC)OC(=O)CCCCCC/C=C\C/C=C\C/C=C\C/C=C\CC. The van der Waals surface area contributed by atoms with E-state index in [0.29, 0.717) is 12.8 Å². The Kier molecular flexibility index (Phi) is 52.1. The van der Waals surface area contributed by atoms with Crippen LogP contribution in [-0.2, 0) is 28.6 Å². The predicted molar refractivity (Wildman–Crippen MR) is 297 cm³/mol. The van der Waals surface area contributed by atoms with Gasteiger partial charge < -0.3 is 14.2 Å². The first-order valence-electron chi connectivity index (χ1n) is 27.3. The van der Waals surface area contributed by atoms with Crippen molar-refractivity contribution >= 4 is 17.9 Å². The average molecular weight is 951 g/mol. The summed E-state index contributed by atoms with van der Waals surface area (Å²) in [5.41, 5.74) is 0. The van der Waals surface area contributed by atoms with Gasteiger partial charge in [0.05, 0.1) is 0 Å². The van der Waals surface area contributed by atoms with Crippen molar-refractivity contribution in [2.75, 3.05) is 13.2 Å². The zero-order valence-corrected chi connectivity index (χ0v) is 44.0. The van der Waals surface area contributed by atoms with E-state index in [-0.39, 0.29) is 37.5 Å². The van der Waals surface area contributed by atoms with Crippen molar-refractivity contribution < 1.29 is 28.6 Å². The molecule has 0 aromatic rings. The lowest BCUT2D eigenvalue weighted by atomic mass is 10.1. The molecular weight excluding hydrogens is 853 g/mol. The molecule has 0 rings (SSSR count). The lowest BCUT2D eigenvalue weighted by Crippen LogP contribution is -2.30. The molecule has 0 aliphatic rings. The van der Waals surface area contributed by atoms with Crippen LogP contribution in [0.4, 0.5) is 0 Å². The summed E-state index contributed by atoms with van der Waals surface area (Å²) in [5, 5.41) is 0. The third-order valence-corrected chi connectivity index (χ3v) is 10.8.